The molecule has 0 saturated carbocycles. The Balaban J connectivity index is 2.28. The third-order valence-corrected chi connectivity index (χ3v) is 3.78. The summed E-state index contributed by atoms with van der Waals surface area (Å²) in [6.07, 6.45) is 0. The van der Waals surface area contributed by atoms with Gasteiger partial charge in [0.1, 0.15) is 0 Å². The smallest absolute Gasteiger partial charge is 0.0543 e. The molecule has 2 heterocycles. The maximum atomic E-state index is 5.60. The minimum atomic E-state index is 0.373. The molecule has 2 fully saturated rings. The number of nitrogens with one attached hydrogen (secondary N) is 1. The highest BCUT2D eigenvalue weighted by Crippen LogP contribution is 2.50. The molecule has 0 aromatic rings. The van der Waals surface area contributed by atoms with Crippen molar-refractivity contribution in [3.8, 4) is 0 Å². The fourth-order valence-corrected chi connectivity index (χ4v) is 2.67. The van der Waals surface area contributed by atoms with E-state index in [0.29, 0.717) is 10.8 Å². The standard InChI is InChI=1S/C10H19NO/c1-9(2,3)10-6-11-4-8(10)5-12-7-10/h8,11H,4-7H2,1-3H3. The molecule has 0 amide bonds. The van der Waals surface area contributed by atoms with Crippen molar-refractivity contribution >= 4 is 0 Å². The van der Waals surface area contributed by atoms with Crippen LogP contribution in [-0.4, -0.2) is 26.3 Å². The van der Waals surface area contributed by atoms with Crippen molar-refractivity contribution in [1.82, 2.24) is 5.32 Å². The van der Waals surface area contributed by atoms with E-state index in [4.69, 9.17) is 4.74 Å². The molecule has 2 atom stereocenters. The Kier molecular flexibility index (Phi) is 1.74. The predicted octanol–water partition coefficient (Wildman–Crippen LogP) is 1.27. The highest BCUT2D eigenvalue weighted by atomic mass is 16.5. The van der Waals surface area contributed by atoms with Gasteiger partial charge in [-0.05, 0) is 5.41 Å². The second-order valence-corrected chi connectivity index (χ2v) is 5.25. The van der Waals surface area contributed by atoms with E-state index in [0.717, 1.165) is 32.2 Å². The lowest BCUT2D eigenvalue weighted by Gasteiger charge is -2.40. The van der Waals surface area contributed by atoms with Crippen molar-refractivity contribution in [2.75, 3.05) is 26.3 Å². The molecule has 0 aromatic heterocycles. The molecule has 2 rings (SSSR count). The molecule has 12 heavy (non-hydrogen) atoms. The topological polar surface area (TPSA) is 21.3 Å². The molecular formula is C10H19NO. The van der Waals surface area contributed by atoms with Gasteiger partial charge < -0.3 is 10.1 Å². The van der Waals surface area contributed by atoms with Gasteiger partial charge in [0.15, 0.2) is 0 Å². The van der Waals surface area contributed by atoms with Gasteiger partial charge in [-0.1, -0.05) is 20.8 Å². The van der Waals surface area contributed by atoms with Crippen molar-refractivity contribution in [1.29, 1.82) is 0 Å². The molecule has 2 nitrogen and oxygen atoms in total. The number of rotatable bonds is 0. The van der Waals surface area contributed by atoms with Gasteiger partial charge in [-0.2, -0.15) is 0 Å². The maximum Gasteiger partial charge on any atom is 0.0543 e. The third kappa shape index (κ3) is 0.944. The summed E-state index contributed by atoms with van der Waals surface area (Å²) in [6.45, 7) is 11.2. The fourth-order valence-electron chi connectivity index (χ4n) is 2.67. The SMILES string of the molecule is CC(C)(C)C12CNCC1COC2. The monoisotopic (exact) mass is 169 g/mol. The third-order valence-electron chi connectivity index (χ3n) is 3.78. The van der Waals surface area contributed by atoms with E-state index in [9.17, 15) is 0 Å². The molecule has 2 heteroatoms. The van der Waals surface area contributed by atoms with Crippen LogP contribution in [0.25, 0.3) is 0 Å². The Labute approximate surface area is 74.7 Å². The van der Waals surface area contributed by atoms with E-state index in [1.807, 2.05) is 0 Å². The Morgan fingerprint density at radius 1 is 1.42 bits per heavy atom. The van der Waals surface area contributed by atoms with Crippen LogP contribution >= 0.6 is 0 Å². The van der Waals surface area contributed by atoms with Gasteiger partial charge in [0.05, 0.1) is 13.2 Å². The highest BCUT2D eigenvalue weighted by Gasteiger charge is 2.54. The summed E-state index contributed by atoms with van der Waals surface area (Å²) in [4.78, 5) is 0. The maximum absolute atomic E-state index is 5.60. The van der Waals surface area contributed by atoms with E-state index < -0.39 is 0 Å². The zero-order valence-electron chi connectivity index (χ0n) is 8.31. The number of hydrogen-bond donors (Lipinski definition) is 1. The molecule has 0 aromatic carbocycles. The molecule has 2 aliphatic rings. The van der Waals surface area contributed by atoms with Crippen LogP contribution in [0.5, 0.6) is 0 Å². The van der Waals surface area contributed by atoms with Crippen LogP contribution in [0.3, 0.4) is 0 Å². The molecular weight excluding hydrogens is 150 g/mol. The van der Waals surface area contributed by atoms with Gasteiger partial charge in [0.2, 0.25) is 0 Å². The van der Waals surface area contributed by atoms with E-state index in [-0.39, 0.29) is 0 Å². The number of ether oxygens (including phenoxy) is 1. The lowest BCUT2D eigenvalue weighted by atomic mass is 9.63. The van der Waals surface area contributed by atoms with Crippen molar-refractivity contribution in [2.45, 2.75) is 20.8 Å². The van der Waals surface area contributed by atoms with Crippen molar-refractivity contribution in [3.05, 3.63) is 0 Å². The van der Waals surface area contributed by atoms with Crippen molar-refractivity contribution in [3.63, 3.8) is 0 Å². The summed E-state index contributed by atoms with van der Waals surface area (Å²) in [5.74, 6) is 0.748. The van der Waals surface area contributed by atoms with Crippen LogP contribution in [0, 0.1) is 16.7 Å². The van der Waals surface area contributed by atoms with E-state index in [1.54, 1.807) is 0 Å². The van der Waals surface area contributed by atoms with Crippen LogP contribution < -0.4 is 5.32 Å². The lowest BCUT2D eigenvalue weighted by molar-refractivity contribution is 0.0629. The van der Waals surface area contributed by atoms with Crippen LogP contribution in [0.4, 0.5) is 0 Å². The first-order chi connectivity index (χ1) is 5.56. The van der Waals surface area contributed by atoms with Gasteiger partial charge in [-0.3, -0.25) is 0 Å². The van der Waals surface area contributed by atoms with Gasteiger partial charge in [-0.15, -0.1) is 0 Å². The first-order valence-electron chi connectivity index (χ1n) is 4.85. The molecule has 0 radical (unpaired) electrons. The number of fused-ring (bicyclic) bond motifs is 1. The van der Waals surface area contributed by atoms with Gasteiger partial charge in [-0.25, -0.2) is 0 Å². The van der Waals surface area contributed by atoms with Crippen molar-refractivity contribution in [2.24, 2.45) is 16.7 Å². The minimum absolute atomic E-state index is 0.373. The number of hydrogen-bond acceptors (Lipinski definition) is 2. The van der Waals surface area contributed by atoms with Crippen molar-refractivity contribution < 1.29 is 4.74 Å². The summed E-state index contributed by atoms with van der Waals surface area (Å²) in [7, 11) is 0. The summed E-state index contributed by atoms with van der Waals surface area (Å²) in [6, 6.07) is 0. The molecule has 0 spiro atoms. The van der Waals surface area contributed by atoms with Crippen LogP contribution in [0.1, 0.15) is 20.8 Å². The normalized spacial score (nSPS) is 41.8. The molecule has 1 N–H and O–H groups in total. The summed E-state index contributed by atoms with van der Waals surface area (Å²) < 4.78 is 5.60. The molecule has 0 bridgehead atoms. The average Bonchev–Trinajstić information content (AvgIpc) is 2.37. The minimum Gasteiger partial charge on any atom is -0.380 e. The predicted molar refractivity (Wildman–Crippen MR) is 49.1 cm³/mol. The van der Waals surface area contributed by atoms with E-state index in [1.165, 1.54) is 0 Å². The summed E-state index contributed by atoms with van der Waals surface area (Å²) in [5, 5.41) is 3.49. The van der Waals surface area contributed by atoms with E-state index in [2.05, 4.69) is 26.1 Å². The summed E-state index contributed by atoms with van der Waals surface area (Å²) in [5.41, 5.74) is 0.782. The van der Waals surface area contributed by atoms with Gasteiger partial charge in [0.25, 0.3) is 0 Å². The van der Waals surface area contributed by atoms with Crippen LogP contribution in [-0.2, 0) is 4.74 Å². The largest absolute Gasteiger partial charge is 0.380 e. The molecule has 2 aliphatic heterocycles. The molecule has 0 aliphatic carbocycles. The average molecular weight is 169 g/mol. The Hall–Kier alpha value is -0.0800. The highest BCUT2D eigenvalue weighted by molar-refractivity contribution is 5.04. The lowest BCUT2D eigenvalue weighted by Crippen LogP contribution is -2.42. The fraction of sp³-hybridized carbons (Fsp3) is 1.00. The second-order valence-electron chi connectivity index (χ2n) is 5.25. The Morgan fingerprint density at radius 2 is 2.17 bits per heavy atom. The Bertz CT molecular complexity index is 173. The van der Waals surface area contributed by atoms with Crippen LogP contribution in [0.15, 0.2) is 0 Å². The first-order valence-corrected chi connectivity index (χ1v) is 4.85. The zero-order valence-corrected chi connectivity index (χ0v) is 8.31. The van der Waals surface area contributed by atoms with Crippen LogP contribution in [0.2, 0.25) is 0 Å². The van der Waals surface area contributed by atoms with Gasteiger partial charge in [0, 0.05) is 24.4 Å². The zero-order chi connectivity index (χ0) is 8.82. The van der Waals surface area contributed by atoms with E-state index >= 15 is 0 Å². The molecule has 2 saturated heterocycles. The first kappa shape index (κ1) is 8.52. The molecule has 70 valence electrons. The second kappa shape index (κ2) is 2.46. The Morgan fingerprint density at radius 3 is 2.75 bits per heavy atom. The van der Waals surface area contributed by atoms with Gasteiger partial charge >= 0.3 is 0 Å². The molecule has 2 unspecified atom stereocenters. The summed E-state index contributed by atoms with van der Waals surface area (Å²) >= 11 is 0. The quantitative estimate of drug-likeness (QED) is 0.589.